The van der Waals surface area contributed by atoms with E-state index < -0.39 is 0 Å². The molecule has 1 unspecified atom stereocenters. The lowest BCUT2D eigenvalue weighted by Crippen LogP contribution is -2.27. The van der Waals surface area contributed by atoms with Gasteiger partial charge in [0.25, 0.3) is 0 Å². The predicted molar refractivity (Wildman–Crippen MR) is 53.0 cm³/mol. The van der Waals surface area contributed by atoms with Crippen LogP contribution in [0.5, 0.6) is 0 Å². The molecule has 0 bridgehead atoms. The Morgan fingerprint density at radius 1 is 1.43 bits per heavy atom. The highest BCUT2D eigenvalue weighted by molar-refractivity contribution is 5.10. The fourth-order valence-electron chi connectivity index (χ4n) is 2.22. The van der Waals surface area contributed by atoms with Gasteiger partial charge < -0.3 is 5.32 Å². The van der Waals surface area contributed by atoms with Crippen molar-refractivity contribution in [3.05, 3.63) is 11.9 Å². The van der Waals surface area contributed by atoms with Gasteiger partial charge in [0.1, 0.15) is 0 Å². The highest BCUT2D eigenvalue weighted by Crippen LogP contribution is 2.39. The van der Waals surface area contributed by atoms with Crippen LogP contribution in [-0.4, -0.2) is 27.6 Å². The van der Waals surface area contributed by atoms with E-state index in [2.05, 4.69) is 20.3 Å². The minimum atomic E-state index is 0.620. The van der Waals surface area contributed by atoms with Gasteiger partial charge in [-0.3, -0.25) is 0 Å². The monoisotopic (exact) mass is 192 g/mol. The van der Waals surface area contributed by atoms with Crippen molar-refractivity contribution in [1.29, 1.82) is 0 Å². The lowest BCUT2D eigenvalue weighted by molar-refractivity contribution is 0.455. The van der Waals surface area contributed by atoms with Gasteiger partial charge in [-0.25, -0.2) is 4.68 Å². The van der Waals surface area contributed by atoms with Gasteiger partial charge in [-0.1, -0.05) is 5.21 Å². The summed E-state index contributed by atoms with van der Waals surface area (Å²) in [7, 11) is 0. The van der Waals surface area contributed by atoms with Gasteiger partial charge in [0, 0.05) is 12.0 Å². The molecule has 0 radical (unpaired) electrons. The standard InChI is InChI=1S/C10H16N4/c1-2-9(11-5-1)7-14-10(6-12-13-14)8-3-4-8/h6,8-9,11H,1-5,7H2. The first-order chi connectivity index (χ1) is 6.93. The quantitative estimate of drug-likeness (QED) is 0.774. The average molecular weight is 192 g/mol. The number of nitrogens with zero attached hydrogens (tertiary/aromatic N) is 3. The van der Waals surface area contributed by atoms with Gasteiger partial charge in [0.2, 0.25) is 0 Å². The SMILES string of the molecule is c1nnn(CC2CCCN2)c1C1CC1. The Hall–Kier alpha value is -0.900. The second-order valence-electron chi connectivity index (χ2n) is 4.41. The average Bonchev–Trinajstić information content (AvgIpc) is 2.74. The van der Waals surface area contributed by atoms with Crippen LogP contribution in [0.2, 0.25) is 0 Å². The second kappa shape index (κ2) is 3.35. The highest BCUT2D eigenvalue weighted by atomic mass is 15.4. The molecular formula is C10H16N4. The van der Waals surface area contributed by atoms with Crippen molar-refractivity contribution < 1.29 is 0 Å². The summed E-state index contributed by atoms with van der Waals surface area (Å²) >= 11 is 0. The topological polar surface area (TPSA) is 42.7 Å². The normalized spacial score (nSPS) is 27.0. The molecule has 1 N–H and O–H groups in total. The summed E-state index contributed by atoms with van der Waals surface area (Å²) in [5, 5.41) is 11.7. The van der Waals surface area contributed by atoms with Crippen molar-refractivity contribution in [2.45, 2.75) is 44.2 Å². The molecule has 1 aliphatic heterocycles. The van der Waals surface area contributed by atoms with E-state index in [0.29, 0.717) is 6.04 Å². The summed E-state index contributed by atoms with van der Waals surface area (Å²) in [6.45, 7) is 2.17. The van der Waals surface area contributed by atoms with E-state index in [9.17, 15) is 0 Å². The molecule has 4 heteroatoms. The fourth-order valence-corrected chi connectivity index (χ4v) is 2.22. The maximum atomic E-state index is 4.17. The van der Waals surface area contributed by atoms with E-state index in [-0.39, 0.29) is 0 Å². The Morgan fingerprint density at radius 3 is 3.07 bits per heavy atom. The van der Waals surface area contributed by atoms with Crippen LogP contribution in [0.1, 0.15) is 37.3 Å². The molecule has 76 valence electrons. The zero-order valence-corrected chi connectivity index (χ0v) is 8.32. The smallest absolute Gasteiger partial charge is 0.0728 e. The summed E-state index contributed by atoms with van der Waals surface area (Å²) in [5.74, 6) is 0.756. The third kappa shape index (κ3) is 1.54. The number of nitrogens with one attached hydrogen (secondary N) is 1. The predicted octanol–water partition coefficient (Wildman–Crippen LogP) is 0.907. The first-order valence-electron chi connectivity index (χ1n) is 5.55. The van der Waals surface area contributed by atoms with Crippen molar-refractivity contribution in [3.63, 3.8) is 0 Å². The summed E-state index contributed by atoms with van der Waals surface area (Å²) in [6, 6.07) is 0.620. The van der Waals surface area contributed by atoms with Gasteiger partial charge in [-0.15, -0.1) is 5.10 Å². The summed E-state index contributed by atoms with van der Waals surface area (Å²) < 4.78 is 2.10. The molecule has 0 amide bonds. The largest absolute Gasteiger partial charge is 0.312 e. The van der Waals surface area contributed by atoms with Crippen LogP contribution < -0.4 is 5.32 Å². The van der Waals surface area contributed by atoms with Crippen LogP contribution in [0, 0.1) is 0 Å². The number of hydrogen-bond donors (Lipinski definition) is 1. The Morgan fingerprint density at radius 2 is 2.36 bits per heavy atom. The first kappa shape index (κ1) is 8.41. The Bertz CT molecular complexity index is 310. The molecule has 3 rings (SSSR count). The number of hydrogen-bond acceptors (Lipinski definition) is 3. The second-order valence-corrected chi connectivity index (χ2v) is 4.41. The zero-order valence-electron chi connectivity index (χ0n) is 8.32. The van der Waals surface area contributed by atoms with E-state index >= 15 is 0 Å². The van der Waals surface area contributed by atoms with Crippen LogP contribution in [0.15, 0.2) is 6.20 Å². The number of aromatic nitrogens is 3. The molecule has 1 aliphatic carbocycles. The van der Waals surface area contributed by atoms with Crippen molar-refractivity contribution in [2.24, 2.45) is 0 Å². The van der Waals surface area contributed by atoms with Gasteiger partial charge in [0.05, 0.1) is 18.4 Å². The van der Waals surface area contributed by atoms with Crippen molar-refractivity contribution >= 4 is 0 Å². The van der Waals surface area contributed by atoms with E-state index in [1.54, 1.807) is 0 Å². The van der Waals surface area contributed by atoms with Gasteiger partial charge >= 0.3 is 0 Å². The molecule has 1 aromatic rings. The molecule has 1 atom stereocenters. The van der Waals surface area contributed by atoms with E-state index in [4.69, 9.17) is 0 Å². The molecule has 14 heavy (non-hydrogen) atoms. The lowest BCUT2D eigenvalue weighted by Gasteiger charge is -2.11. The number of rotatable bonds is 3. The maximum absolute atomic E-state index is 4.17. The minimum absolute atomic E-state index is 0.620. The third-order valence-electron chi connectivity index (χ3n) is 3.20. The minimum Gasteiger partial charge on any atom is -0.312 e. The summed E-state index contributed by atoms with van der Waals surface area (Å²) in [4.78, 5) is 0. The maximum Gasteiger partial charge on any atom is 0.0728 e. The van der Waals surface area contributed by atoms with E-state index in [1.165, 1.54) is 31.4 Å². The Labute approximate surface area is 83.7 Å². The molecular weight excluding hydrogens is 176 g/mol. The molecule has 0 spiro atoms. The van der Waals surface area contributed by atoms with Crippen molar-refractivity contribution in [1.82, 2.24) is 20.3 Å². The van der Waals surface area contributed by atoms with E-state index in [0.717, 1.165) is 19.0 Å². The highest BCUT2D eigenvalue weighted by Gasteiger charge is 2.28. The lowest BCUT2D eigenvalue weighted by atomic mass is 10.2. The molecule has 2 fully saturated rings. The molecule has 0 aromatic carbocycles. The Balaban J connectivity index is 1.71. The van der Waals surface area contributed by atoms with Crippen LogP contribution in [0.25, 0.3) is 0 Å². The first-order valence-corrected chi connectivity index (χ1v) is 5.55. The molecule has 1 saturated carbocycles. The van der Waals surface area contributed by atoms with Crippen LogP contribution in [0.3, 0.4) is 0 Å². The third-order valence-corrected chi connectivity index (χ3v) is 3.20. The van der Waals surface area contributed by atoms with Gasteiger partial charge in [-0.05, 0) is 32.2 Å². The van der Waals surface area contributed by atoms with Crippen molar-refractivity contribution in [3.8, 4) is 0 Å². The summed E-state index contributed by atoms with van der Waals surface area (Å²) in [6.07, 6.45) is 7.17. The fraction of sp³-hybridized carbons (Fsp3) is 0.800. The van der Waals surface area contributed by atoms with Crippen LogP contribution in [0.4, 0.5) is 0 Å². The summed E-state index contributed by atoms with van der Waals surface area (Å²) in [5.41, 5.74) is 1.35. The Kier molecular flexibility index (Phi) is 2.01. The van der Waals surface area contributed by atoms with Crippen molar-refractivity contribution in [2.75, 3.05) is 6.54 Å². The molecule has 2 heterocycles. The molecule has 1 aromatic heterocycles. The van der Waals surface area contributed by atoms with E-state index in [1.807, 2.05) is 6.20 Å². The van der Waals surface area contributed by atoms with Gasteiger partial charge in [0.15, 0.2) is 0 Å². The molecule has 4 nitrogen and oxygen atoms in total. The molecule has 1 saturated heterocycles. The van der Waals surface area contributed by atoms with Gasteiger partial charge in [-0.2, -0.15) is 0 Å². The molecule has 2 aliphatic rings. The van der Waals surface area contributed by atoms with Crippen LogP contribution >= 0.6 is 0 Å². The zero-order chi connectivity index (χ0) is 9.38. The van der Waals surface area contributed by atoms with Crippen LogP contribution in [-0.2, 0) is 6.54 Å².